The zero-order valence-corrected chi connectivity index (χ0v) is 21.4. The quantitative estimate of drug-likeness (QED) is 0.435. The third-order valence-corrected chi connectivity index (χ3v) is 11.4. The Bertz CT molecular complexity index is 726. The van der Waals surface area contributed by atoms with Crippen LogP contribution in [0.4, 0.5) is 8.78 Å². The van der Waals surface area contributed by atoms with Crippen molar-refractivity contribution in [1.29, 1.82) is 0 Å². The summed E-state index contributed by atoms with van der Waals surface area (Å²) in [5.74, 6) is -0.589. The Kier molecular flexibility index (Phi) is 7.22. The predicted molar refractivity (Wildman–Crippen MR) is 123 cm³/mol. The lowest BCUT2D eigenvalue weighted by Gasteiger charge is -2.41. The lowest BCUT2D eigenvalue weighted by Crippen LogP contribution is -2.46. The summed E-state index contributed by atoms with van der Waals surface area (Å²) in [6, 6.07) is 2.54. The van der Waals surface area contributed by atoms with Gasteiger partial charge in [0.1, 0.15) is 17.4 Å². The van der Waals surface area contributed by atoms with E-state index in [1.54, 1.807) is 0 Å². The van der Waals surface area contributed by atoms with Crippen LogP contribution < -0.4 is 9.89 Å². The summed E-state index contributed by atoms with van der Waals surface area (Å²) in [6.07, 6.45) is 3.34. The van der Waals surface area contributed by atoms with Gasteiger partial charge in [-0.1, -0.05) is 40.5 Å². The van der Waals surface area contributed by atoms with E-state index in [4.69, 9.17) is 13.7 Å². The maximum atomic E-state index is 15.0. The first kappa shape index (κ1) is 25.3. The maximum absolute atomic E-state index is 15.0. The first-order chi connectivity index (χ1) is 13.5. The fraction of sp³-hybridized carbons (Fsp3) is 0.739. The van der Waals surface area contributed by atoms with Crippen LogP contribution in [-0.4, -0.2) is 26.6 Å². The molecule has 0 bridgehead atoms. The SMILES string of the molecule is CCCC(C)CC(C)(C)[Si](C)(C)Oc1cc(F)c(B2OC(C)(C)C(C)(C)O2)c(F)c1. The average Bonchev–Trinajstić information content (AvgIpc) is 2.73. The van der Waals surface area contributed by atoms with Gasteiger partial charge in [0.05, 0.1) is 16.7 Å². The van der Waals surface area contributed by atoms with Gasteiger partial charge in [-0.25, -0.2) is 8.78 Å². The van der Waals surface area contributed by atoms with Gasteiger partial charge >= 0.3 is 7.12 Å². The van der Waals surface area contributed by atoms with E-state index in [1.165, 1.54) is 18.6 Å². The molecule has 1 aromatic rings. The van der Waals surface area contributed by atoms with Crippen molar-refractivity contribution in [3.8, 4) is 5.75 Å². The first-order valence-electron chi connectivity index (χ1n) is 11.1. The van der Waals surface area contributed by atoms with Crippen molar-refractivity contribution >= 4 is 20.9 Å². The van der Waals surface area contributed by atoms with Gasteiger partial charge in [-0.2, -0.15) is 0 Å². The van der Waals surface area contributed by atoms with Crippen molar-refractivity contribution in [2.75, 3.05) is 0 Å². The Balaban J connectivity index is 2.25. The number of benzene rings is 1. The topological polar surface area (TPSA) is 27.7 Å². The van der Waals surface area contributed by atoms with Gasteiger partial charge in [-0.3, -0.25) is 0 Å². The normalized spacial score (nSPS) is 19.8. The van der Waals surface area contributed by atoms with Gasteiger partial charge in [0.25, 0.3) is 8.32 Å². The van der Waals surface area contributed by atoms with Crippen molar-refractivity contribution < 1.29 is 22.5 Å². The molecule has 1 aliphatic heterocycles. The van der Waals surface area contributed by atoms with E-state index >= 15 is 0 Å². The van der Waals surface area contributed by atoms with E-state index in [0.717, 1.165) is 12.8 Å². The molecule has 170 valence electrons. The second-order valence-electron chi connectivity index (χ2n) is 11.0. The molecule has 0 N–H and O–H groups in total. The smallest absolute Gasteiger partial charge is 0.500 e. The van der Waals surface area contributed by atoms with Gasteiger partial charge in [0.15, 0.2) is 0 Å². The summed E-state index contributed by atoms with van der Waals surface area (Å²) < 4.78 is 47.9. The van der Waals surface area contributed by atoms with E-state index in [-0.39, 0.29) is 16.3 Å². The maximum Gasteiger partial charge on any atom is 0.500 e. The monoisotopic (exact) mass is 440 g/mol. The van der Waals surface area contributed by atoms with Crippen molar-refractivity contribution in [3.63, 3.8) is 0 Å². The van der Waals surface area contributed by atoms with Crippen LogP contribution in [0.3, 0.4) is 0 Å². The molecule has 1 fully saturated rings. The number of rotatable bonds is 8. The summed E-state index contributed by atoms with van der Waals surface area (Å²) in [5, 5.41) is -0.0427. The van der Waals surface area contributed by atoms with Gasteiger partial charge in [0.2, 0.25) is 0 Å². The van der Waals surface area contributed by atoms with Crippen LogP contribution in [0.1, 0.15) is 74.7 Å². The van der Waals surface area contributed by atoms with E-state index in [2.05, 4.69) is 40.8 Å². The molecule has 2 rings (SSSR count). The minimum Gasteiger partial charge on any atom is -0.543 e. The Hall–Kier alpha value is -0.918. The molecule has 0 amide bonds. The third-order valence-electron chi connectivity index (χ3n) is 7.18. The fourth-order valence-corrected chi connectivity index (χ4v) is 5.77. The molecule has 1 unspecified atom stereocenters. The number of hydrogen-bond donors (Lipinski definition) is 0. The van der Waals surface area contributed by atoms with Gasteiger partial charge in [0, 0.05) is 12.1 Å². The van der Waals surface area contributed by atoms with Crippen molar-refractivity contribution in [3.05, 3.63) is 23.8 Å². The van der Waals surface area contributed by atoms with Crippen molar-refractivity contribution in [2.24, 2.45) is 5.92 Å². The molecule has 7 heteroatoms. The molecule has 0 saturated carbocycles. The zero-order chi connectivity index (χ0) is 23.1. The Morgan fingerprint density at radius 1 is 1.07 bits per heavy atom. The third kappa shape index (κ3) is 5.10. The molecule has 1 heterocycles. The van der Waals surface area contributed by atoms with Crippen molar-refractivity contribution in [1.82, 2.24) is 0 Å². The van der Waals surface area contributed by atoms with Crippen LogP contribution in [0.2, 0.25) is 18.1 Å². The van der Waals surface area contributed by atoms with E-state index in [9.17, 15) is 8.78 Å². The van der Waals surface area contributed by atoms with Crippen LogP contribution in [0.25, 0.3) is 0 Å². The summed E-state index contributed by atoms with van der Waals surface area (Å²) in [6.45, 7) is 20.5. The highest BCUT2D eigenvalue weighted by Gasteiger charge is 2.53. The van der Waals surface area contributed by atoms with Gasteiger partial charge in [-0.05, 0) is 58.2 Å². The van der Waals surface area contributed by atoms with Gasteiger partial charge in [-0.15, -0.1) is 0 Å². The van der Waals surface area contributed by atoms with Crippen LogP contribution in [0.15, 0.2) is 12.1 Å². The summed E-state index contributed by atoms with van der Waals surface area (Å²) in [4.78, 5) is 0. The zero-order valence-electron chi connectivity index (χ0n) is 20.4. The molecule has 0 aromatic heterocycles. The fourth-order valence-electron chi connectivity index (χ4n) is 3.95. The molecule has 1 aromatic carbocycles. The molecule has 3 nitrogen and oxygen atoms in total. The standard InChI is InChI=1S/C23H39BF2O3Si/c1-11-12-16(2)15-21(3,4)30(9,10)27-17-13-18(25)20(19(26)14-17)24-28-22(5,6)23(7,8)29-24/h13-14,16H,11-12,15H2,1-10H3. The molecule has 0 aliphatic carbocycles. The lowest BCUT2D eigenvalue weighted by atomic mass is 9.78. The highest BCUT2D eigenvalue weighted by Crippen LogP contribution is 2.44. The van der Waals surface area contributed by atoms with E-state index < -0.39 is 38.3 Å². The highest BCUT2D eigenvalue weighted by molar-refractivity contribution is 6.74. The molecule has 0 radical (unpaired) electrons. The van der Waals surface area contributed by atoms with Crippen LogP contribution >= 0.6 is 0 Å². The Morgan fingerprint density at radius 2 is 1.53 bits per heavy atom. The largest absolute Gasteiger partial charge is 0.543 e. The molecular formula is C23H39BF2O3Si. The van der Waals surface area contributed by atoms with Gasteiger partial charge < -0.3 is 13.7 Å². The molecule has 0 spiro atoms. The summed E-state index contributed by atoms with van der Waals surface area (Å²) >= 11 is 0. The van der Waals surface area contributed by atoms with Crippen molar-refractivity contribution in [2.45, 2.75) is 104 Å². The Morgan fingerprint density at radius 3 is 1.97 bits per heavy atom. The lowest BCUT2D eigenvalue weighted by molar-refractivity contribution is 0.00578. The first-order valence-corrected chi connectivity index (χ1v) is 14.0. The Labute approximate surface area is 183 Å². The average molecular weight is 440 g/mol. The molecule has 1 aliphatic rings. The second kappa shape index (κ2) is 8.55. The number of hydrogen-bond acceptors (Lipinski definition) is 3. The molecule has 1 atom stereocenters. The number of halogens is 2. The second-order valence-corrected chi connectivity index (χ2v) is 15.6. The minimum absolute atomic E-state index is 0.0427. The molecule has 30 heavy (non-hydrogen) atoms. The van der Waals surface area contributed by atoms with E-state index in [0.29, 0.717) is 5.92 Å². The molecule has 1 saturated heterocycles. The van der Waals surface area contributed by atoms with E-state index in [1.807, 2.05) is 27.7 Å². The summed E-state index contributed by atoms with van der Waals surface area (Å²) in [7, 11) is -3.38. The van der Waals surface area contributed by atoms with Crippen LogP contribution in [0, 0.1) is 17.6 Å². The van der Waals surface area contributed by atoms with Crippen LogP contribution in [-0.2, 0) is 9.31 Å². The summed E-state index contributed by atoms with van der Waals surface area (Å²) in [5.41, 5.74) is -1.53. The minimum atomic E-state index is -2.30. The highest BCUT2D eigenvalue weighted by atomic mass is 28.4. The molecular weight excluding hydrogens is 401 g/mol. The van der Waals surface area contributed by atoms with Crippen LogP contribution in [0.5, 0.6) is 5.75 Å². The predicted octanol–water partition coefficient (Wildman–Crippen LogP) is 6.45.